The topological polar surface area (TPSA) is 75.3 Å². The first kappa shape index (κ1) is 13.2. The number of benzene rings is 1. The maximum absolute atomic E-state index is 11.9. The molecule has 2 rings (SSSR count). The van der Waals surface area contributed by atoms with Crippen LogP contribution in [-0.2, 0) is 0 Å². The standard InChI is InChI=1S/C13H9BrN2O3/c14-12-11(4-6-19-12)13(17)16-9-2-1-3-10(8-9)18-7-5-15/h1-4,6,8H,7H2,(H,16,17). The van der Waals surface area contributed by atoms with Crippen molar-refractivity contribution in [3.63, 3.8) is 0 Å². The van der Waals surface area contributed by atoms with E-state index < -0.39 is 0 Å². The number of anilines is 1. The number of ether oxygens (including phenoxy) is 1. The maximum Gasteiger partial charge on any atom is 0.260 e. The number of nitrogens with one attached hydrogen (secondary N) is 1. The Bertz CT molecular complexity index is 631. The quantitative estimate of drug-likeness (QED) is 0.938. The van der Waals surface area contributed by atoms with Crippen LogP contribution in [0.5, 0.6) is 5.75 Å². The second kappa shape index (κ2) is 6.07. The molecule has 96 valence electrons. The Morgan fingerprint density at radius 3 is 3.00 bits per heavy atom. The third-order valence-electron chi connectivity index (χ3n) is 2.26. The molecule has 0 saturated carbocycles. The number of carbonyl (C=O) groups excluding carboxylic acids is 1. The Balaban J connectivity index is 2.09. The molecule has 0 saturated heterocycles. The van der Waals surface area contributed by atoms with Gasteiger partial charge < -0.3 is 14.5 Å². The molecule has 1 heterocycles. The van der Waals surface area contributed by atoms with Crippen molar-refractivity contribution >= 4 is 27.5 Å². The van der Waals surface area contributed by atoms with Crippen LogP contribution in [0.4, 0.5) is 5.69 Å². The second-order valence-electron chi connectivity index (χ2n) is 3.54. The number of amides is 1. The molecule has 19 heavy (non-hydrogen) atoms. The largest absolute Gasteiger partial charge is 0.479 e. The molecule has 0 fully saturated rings. The van der Waals surface area contributed by atoms with Crippen LogP contribution in [0.3, 0.4) is 0 Å². The van der Waals surface area contributed by atoms with Gasteiger partial charge in [-0.25, -0.2) is 0 Å². The Labute approximate surface area is 117 Å². The average Bonchev–Trinajstić information content (AvgIpc) is 2.83. The van der Waals surface area contributed by atoms with Gasteiger partial charge in [-0.2, -0.15) is 5.26 Å². The zero-order valence-corrected chi connectivity index (χ0v) is 11.3. The van der Waals surface area contributed by atoms with Crippen LogP contribution >= 0.6 is 15.9 Å². The van der Waals surface area contributed by atoms with Crippen LogP contribution in [0, 0.1) is 11.3 Å². The molecule has 1 aromatic carbocycles. The maximum atomic E-state index is 11.9. The third-order valence-corrected chi connectivity index (χ3v) is 2.87. The van der Waals surface area contributed by atoms with Gasteiger partial charge in [-0.15, -0.1) is 0 Å². The first-order chi connectivity index (χ1) is 9.20. The summed E-state index contributed by atoms with van der Waals surface area (Å²) in [6.07, 6.45) is 1.42. The average molecular weight is 321 g/mol. The lowest BCUT2D eigenvalue weighted by Crippen LogP contribution is -2.11. The minimum absolute atomic E-state index is 0.0370. The van der Waals surface area contributed by atoms with Crippen LogP contribution in [0.1, 0.15) is 10.4 Å². The highest BCUT2D eigenvalue weighted by atomic mass is 79.9. The van der Waals surface area contributed by atoms with Crippen LogP contribution < -0.4 is 10.1 Å². The van der Waals surface area contributed by atoms with Crippen molar-refractivity contribution in [2.24, 2.45) is 0 Å². The summed E-state index contributed by atoms with van der Waals surface area (Å²) >= 11 is 3.14. The van der Waals surface area contributed by atoms with Gasteiger partial charge in [0.25, 0.3) is 5.91 Å². The molecule has 0 aliphatic carbocycles. The van der Waals surface area contributed by atoms with Gasteiger partial charge in [0.05, 0.1) is 11.8 Å². The predicted octanol–water partition coefficient (Wildman–Crippen LogP) is 3.20. The fourth-order valence-corrected chi connectivity index (χ4v) is 1.85. The lowest BCUT2D eigenvalue weighted by molar-refractivity contribution is 0.102. The van der Waals surface area contributed by atoms with E-state index in [2.05, 4.69) is 21.2 Å². The molecule has 1 N–H and O–H groups in total. The predicted molar refractivity (Wildman–Crippen MR) is 71.9 cm³/mol. The molecular formula is C13H9BrN2O3. The molecule has 0 atom stereocenters. The number of halogens is 1. The van der Waals surface area contributed by atoms with Crippen molar-refractivity contribution in [2.45, 2.75) is 0 Å². The molecule has 6 heteroatoms. The van der Waals surface area contributed by atoms with Crippen molar-refractivity contribution in [2.75, 3.05) is 11.9 Å². The van der Waals surface area contributed by atoms with Gasteiger partial charge in [-0.3, -0.25) is 4.79 Å². The van der Waals surface area contributed by atoms with Crippen LogP contribution in [0.15, 0.2) is 45.7 Å². The number of hydrogen-bond acceptors (Lipinski definition) is 4. The van der Waals surface area contributed by atoms with E-state index in [1.807, 2.05) is 6.07 Å². The van der Waals surface area contributed by atoms with E-state index in [9.17, 15) is 4.79 Å². The number of hydrogen-bond donors (Lipinski definition) is 1. The summed E-state index contributed by atoms with van der Waals surface area (Å²) in [5.41, 5.74) is 0.983. The summed E-state index contributed by atoms with van der Waals surface area (Å²) in [5, 5.41) is 11.1. The smallest absolute Gasteiger partial charge is 0.260 e. The molecule has 0 radical (unpaired) electrons. The van der Waals surface area contributed by atoms with E-state index in [1.165, 1.54) is 6.26 Å². The highest BCUT2D eigenvalue weighted by molar-refractivity contribution is 9.10. The first-order valence-electron chi connectivity index (χ1n) is 5.35. The molecule has 0 spiro atoms. The van der Waals surface area contributed by atoms with Crippen LogP contribution in [-0.4, -0.2) is 12.5 Å². The van der Waals surface area contributed by atoms with Gasteiger partial charge in [0.15, 0.2) is 11.3 Å². The Morgan fingerprint density at radius 2 is 2.32 bits per heavy atom. The highest BCUT2D eigenvalue weighted by Gasteiger charge is 2.12. The van der Waals surface area contributed by atoms with E-state index in [-0.39, 0.29) is 12.5 Å². The molecule has 5 nitrogen and oxygen atoms in total. The zero-order valence-electron chi connectivity index (χ0n) is 9.72. The number of nitriles is 1. The number of furan rings is 1. The van der Waals surface area contributed by atoms with Crippen molar-refractivity contribution < 1.29 is 13.9 Å². The minimum atomic E-state index is -0.293. The molecule has 1 amide bonds. The monoisotopic (exact) mass is 320 g/mol. The van der Waals surface area contributed by atoms with Gasteiger partial charge in [-0.1, -0.05) is 6.07 Å². The third kappa shape index (κ3) is 3.36. The fraction of sp³-hybridized carbons (Fsp3) is 0.0769. The molecular weight excluding hydrogens is 312 g/mol. The summed E-state index contributed by atoms with van der Waals surface area (Å²) < 4.78 is 10.5. The van der Waals surface area contributed by atoms with Crippen molar-refractivity contribution in [1.29, 1.82) is 5.26 Å². The van der Waals surface area contributed by atoms with E-state index in [0.29, 0.717) is 21.7 Å². The van der Waals surface area contributed by atoms with Crippen LogP contribution in [0.25, 0.3) is 0 Å². The van der Waals surface area contributed by atoms with Gasteiger partial charge in [-0.05, 0) is 34.1 Å². The fourth-order valence-electron chi connectivity index (χ4n) is 1.43. The summed E-state index contributed by atoms with van der Waals surface area (Å²) in [7, 11) is 0. The summed E-state index contributed by atoms with van der Waals surface area (Å²) in [4.78, 5) is 11.9. The Kier molecular flexibility index (Phi) is 4.21. The lowest BCUT2D eigenvalue weighted by atomic mass is 10.2. The summed E-state index contributed by atoms with van der Waals surface area (Å²) in [5.74, 6) is 0.226. The van der Waals surface area contributed by atoms with E-state index in [4.69, 9.17) is 14.4 Å². The Morgan fingerprint density at radius 1 is 1.47 bits per heavy atom. The molecule has 0 aliphatic rings. The van der Waals surface area contributed by atoms with Gasteiger partial charge in [0.2, 0.25) is 0 Å². The molecule has 0 unspecified atom stereocenters. The molecule has 0 bridgehead atoms. The summed E-state index contributed by atoms with van der Waals surface area (Å²) in [6, 6.07) is 10.3. The minimum Gasteiger partial charge on any atom is -0.479 e. The number of rotatable bonds is 4. The SMILES string of the molecule is N#CCOc1cccc(NC(=O)c2ccoc2Br)c1. The molecule has 2 aromatic rings. The van der Waals surface area contributed by atoms with Gasteiger partial charge in [0.1, 0.15) is 11.8 Å². The van der Waals surface area contributed by atoms with Crippen molar-refractivity contribution in [3.05, 3.63) is 46.8 Å². The van der Waals surface area contributed by atoms with E-state index >= 15 is 0 Å². The first-order valence-corrected chi connectivity index (χ1v) is 6.14. The van der Waals surface area contributed by atoms with Gasteiger partial charge in [0, 0.05) is 11.8 Å². The Hall–Kier alpha value is -2.26. The van der Waals surface area contributed by atoms with Gasteiger partial charge >= 0.3 is 0 Å². The van der Waals surface area contributed by atoms with E-state index in [1.54, 1.807) is 30.3 Å². The normalized spacial score (nSPS) is 9.68. The highest BCUT2D eigenvalue weighted by Crippen LogP contribution is 2.21. The molecule has 1 aromatic heterocycles. The second-order valence-corrected chi connectivity index (χ2v) is 4.26. The molecule has 0 aliphatic heterocycles. The number of carbonyl (C=O) groups is 1. The number of nitrogens with zero attached hydrogens (tertiary/aromatic N) is 1. The van der Waals surface area contributed by atoms with Crippen molar-refractivity contribution in [1.82, 2.24) is 0 Å². The lowest BCUT2D eigenvalue weighted by Gasteiger charge is -2.06. The zero-order chi connectivity index (χ0) is 13.7. The van der Waals surface area contributed by atoms with Crippen molar-refractivity contribution in [3.8, 4) is 11.8 Å². The van der Waals surface area contributed by atoms with E-state index in [0.717, 1.165) is 0 Å². The summed E-state index contributed by atoms with van der Waals surface area (Å²) in [6.45, 7) is -0.0370. The van der Waals surface area contributed by atoms with Crippen LogP contribution in [0.2, 0.25) is 0 Å².